The van der Waals surface area contributed by atoms with Gasteiger partial charge in [-0.15, -0.1) is 0 Å². The van der Waals surface area contributed by atoms with Crippen LogP contribution in [0.4, 0.5) is 10.1 Å². The summed E-state index contributed by atoms with van der Waals surface area (Å²) in [5, 5.41) is 2.41. The van der Waals surface area contributed by atoms with Gasteiger partial charge >= 0.3 is 0 Å². The van der Waals surface area contributed by atoms with Crippen molar-refractivity contribution in [2.75, 3.05) is 11.9 Å². The van der Waals surface area contributed by atoms with Crippen molar-refractivity contribution >= 4 is 17.5 Å². The van der Waals surface area contributed by atoms with Gasteiger partial charge in [0, 0.05) is 11.5 Å². The van der Waals surface area contributed by atoms with Crippen LogP contribution >= 0.6 is 0 Å². The number of amides is 2. The third-order valence-electron chi connectivity index (χ3n) is 2.56. The second kappa shape index (κ2) is 6.11. The molecule has 0 heterocycles. The fourth-order valence-corrected chi connectivity index (χ4v) is 1.41. The molecule has 5 N–H and O–H groups in total. The second-order valence-electron chi connectivity index (χ2n) is 4.03. The van der Waals surface area contributed by atoms with E-state index in [1.165, 1.54) is 12.1 Å². The van der Waals surface area contributed by atoms with E-state index in [1.807, 2.05) is 0 Å². The summed E-state index contributed by atoms with van der Waals surface area (Å²) in [6.07, 6.45) is 0.503. The molecular weight excluding hydrogens is 237 g/mol. The summed E-state index contributed by atoms with van der Waals surface area (Å²) in [6.45, 7) is 2.07. The van der Waals surface area contributed by atoms with E-state index in [0.29, 0.717) is 13.0 Å². The number of rotatable bonds is 5. The van der Waals surface area contributed by atoms with E-state index in [9.17, 15) is 14.0 Å². The highest BCUT2D eigenvalue weighted by Gasteiger charge is 2.15. The van der Waals surface area contributed by atoms with E-state index in [4.69, 9.17) is 11.5 Å². The average molecular weight is 253 g/mol. The van der Waals surface area contributed by atoms with Crippen LogP contribution in [0.15, 0.2) is 18.2 Å². The zero-order valence-electron chi connectivity index (χ0n) is 10.1. The average Bonchev–Trinajstić information content (AvgIpc) is 2.31. The molecule has 0 saturated carbocycles. The standard InChI is InChI=1S/C12H16FN3O2/c1-7(4-5-14)12(18)16-10-6-8(11(15)17)2-3-9(10)13/h2-3,6-7H,4-5,14H2,1H3,(H2,15,17)(H,16,18). The first kappa shape index (κ1) is 14.1. The van der Waals surface area contributed by atoms with Crippen molar-refractivity contribution in [1.82, 2.24) is 0 Å². The predicted octanol–water partition coefficient (Wildman–Crippen LogP) is 0.848. The molecule has 0 aliphatic carbocycles. The Morgan fingerprint density at radius 2 is 2.11 bits per heavy atom. The van der Waals surface area contributed by atoms with Crippen molar-refractivity contribution in [2.45, 2.75) is 13.3 Å². The predicted molar refractivity (Wildman–Crippen MR) is 66.4 cm³/mol. The quantitative estimate of drug-likeness (QED) is 0.725. The zero-order valence-corrected chi connectivity index (χ0v) is 10.1. The van der Waals surface area contributed by atoms with Crippen LogP contribution in [0.1, 0.15) is 23.7 Å². The molecule has 0 fully saturated rings. The van der Waals surface area contributed by atoms with Crippen LogP contribution in [0, 0.1) is 11.7 Å². The molecule has 1 aromatic rings. The molecule has 0 saturated heterocycles. The number of halogens is 1. The molecule has 1 aromatic carbocycles. The molecule has 0 spiro atoms. The molecule has 6 heteroatoms. The van der Waals surface area contributed by atoms with Crippen LogP contribution in [0.25, 0.3) is 0 Å². The number of nitrogens with two attached hydrogens (primary N) is 2. The Hall–Kier alpha value is -1.95. The minimum absolute atomic E-state index is 0.0554. The van der Waals surface area contributed by atoms with Crippen molar-refractivity contribution in [1.29, 1.82) is 0 Å². The van der Waals surface area contributed by atoms with E-state index < -0.39 is 11.7 Å². The fraction of sp³-hybridized carbons (Fsp3) is 0.333. The third-order valence-corrected chi connectivity index (χ3v) is 2.56. The van der Waals surface area contributed by atoms with Gasteiger partial charge in [0.15, 0.2) is 0 Å². The summed E-state index contributed by atoms with van der Waals surface area (Å²) in [6, 6.07) is 3.56. The third kappa shape index (κ3) is 3.53. The lowest BCUT2D eigenvalue weighted by molar-refractivity contribution is -0.119. The topological polar surface area (TPSA) is 98.2 Å². The summed E-state index contributed by atoms with van der Waals surface area (Å²) in [7, 11) is 0. The summed E-state index contributed by atoms with van der Waals surface area (Å²) in [5.74, 6) is -1.97. The Morgan fingerprint density at radius 1 is 1.44 bits per heavy atom. The van der Waals surface area contributed by atoms with Gasteiger partial charge in [0.05, 0.1) is 5.69 Å². The van der Waals surface area contributed by atoms with Gasteiger partial charge in [-0.1, -0.05) is 6.92 Å². The van der Waals surface area contributed by atoms with Crippen LogP contribution in [0.3, 0.4) is 0 Å². The van der Waals surface area contributed by atoms with Crippen molar-refractivity contribution in [3.8, 4) is 0 Å². The van der Waals surface area contributed by atoms with Gasteiger partial charge in [-0.3, -0.25) is 9.59 Å². The monoisotopic (exact) mass is 253 g/mol. The zero-order chi connectivity index (χ0) is 13.7. The molecule has 0 bridgehead atoms. The lowest BCUT2D eigenvalue weighted by atomic mass is 10.1. The second-order valence-corrected chi connectivity index (χ2v) is 4.03. The number of carbonyl (C=O) groups excluding carboxylic acids is 2. The molecule has 1 rings (SSSR count). The van der Waals surface area contributed by atoms with E-state index in [0.717, 1.165) is 6.07 Å². The van der Waals surface area contributed by atoms with Crippen LogP contribution in [0.2, 0.25) is 0 Å². The van der Waals surface area contributed by atoms with Crippen molar-refractivity contribution in [3.63, 3.8) is 0 Å². The molecule has 0 radical (unpaired) electrons. The number of hydrogen-bond donors (Lipinski definition) is 3. The fourth-order valence-electron chi connectivity index (χ4n) is 1.41. The summed E-state index contributed by atoms with van der Waals surface area (Å²) < 4.78 is 13.5. The van der Waals surface area contributed by atoms with Gasteiger partial charge in [-0.25, -0.2) is 4.39 Å². The van der Waals surface area contributed by atoms with Crippen LogP contribution in [0.5, 0.6) is 0 Å². The number of primary amides is 1. The lowest BCUT2D eigenvalue weighted by Crippen LogP contribution is -2.23. The van der Waals surface area contributed by atoms with Gasteiger partial charge in [0.2, 0.25) is 11.8 Å². The first-order valence-electron chi connectivity index (χ1n) is 5.56. The van der Waals surface area contributed by atoms with Gasteiger partial charge in [-0.2, -0.15) is 0 Å². The first-order valence-corrected chi connectivity index (χ1v) is 5.56. The molecule has 5 nitrogen and oxygen atoms in total. The van der Waals surface area contributed by atoms with Crippen LogP contribution in [-0.4, -0.2) is 18.4 Å². The number of benzene rings is 1. The highest BCUT2D eigenvalue weighted by Crippen LogP contribution is 2.17. The minimum Gasteiger partial charge on any atom is -0.366 e. The highest BCUT2D eigenvalue weighted by atomic mass is 19.1. The Morgan fingerprint density at radius 3 is 2.67 bits per heavy atom. The Balaban J connectivity index is 2.86. The van der Waals surface area contributed by atoms with Gasteiger partial charge in [-0.05, 0) is 31.2 Å². The number of hydrogen-bond acceptors (Lipinski definition) is 3. The Kier molecular flexibility index (Phi) is 4.79. The van der Waals surface area contributed by atoms with E-state index in [2.05, 4.69) is 5.32 Å². The lowest BCUT2D eigenvalue weighted by Gasteiger charge is -2.12. The highest BCUT2D eigenvalue weighted by molar-refractivity contribution is 5.96. The number of carbonyl (C=O) groups is 2. The molecule has 0 aromatic heterocycles. The molecule has 98 valence electrons. The van der Waals surface area contributed by atoms with Gasteiger partial charge < -0.3 is 16.8 Å². The van der Waals surface area contributed by atoms with Crippen molar-refractivity contribution < 1.29 is 14.0 Å². The van der Waals surface area contributed by atoms with Crippen LogP contribution in [-0.2, 0) is 4.79 Å². The molecule has 2 amide bonds. The normalized spacial score (nSPS) is 11.9. The maximum atomic E-state index is 13.5. The van der Waals surface area contributed by atoms with Crippen molar-refractivity contribution in [2.24, 2.45) is 17.4 Å². The number of anilines is 1. The largest absolute Gasteiger partial charge is 0.366 e. The SMILES string of the molecule is CC(CCN)C(=O)Nc1cc(C(N)=O)ccc1F. The van der Waals surface area contributed by atoms with E-state index >= 15 is 0 Å². The molecule has 1 atom stereocenters. The van der Waals surface area contributed by atoms with Gasteiger partial charge in [0.25, 0.3) is 0 Å². The molecule has 18 heavy (non-hydrogen) atoms. The summed E-state index contributed by atoms with van der Waals surface area (Å²) in [4.78, 5) is 22.6. The minimum atomic E-state index is -0.680. The van der Waals surface area contributed by atoms with Crippen LogP contribution < -0.4 is 16.8 Å². The maximum Gasteiger partial charge on any atom is 0.248 e. The molecule has 0 aliphatic rings. The Bertz CT molecular complexity index is 463. The van der Waals surface area contributed by atoms with E-state index in [-0.39, 0.29) is 23.1 Å². The molecular formula is C12H16FN3O2. The maximum absolute atomic E-state index is 13.5. The number of nitrogens with one attached hydrogen (secondary N) is 1. The van der Waals surface area contributed by atoms with Crippen molar-refractivity contribution in [3.05, 3.63) is 29.6 Å². The molecule has 0 aliphatic heterocycles. The Labute approximate surface area is 104 Å². The summed E-state index contributed by atoms with van der Waals surface area (Å²) >= 11 is 0. The summed E-state index contributed by atoms with van der Waals surface area (Å²) in [5.41, 5.74) is 10.5. The first-order chi connectivity index (χ1) is 8.45. The molecule has 1 unspecified atom stereocenters. The van der Waals surface area contributed by atoms with Gasteiger partial charge in [0.1, 0.15) is 5.82 Å². The van der Waals surface area contributed by atoms with E-state index in [1.54, 1.807) is 6.92 Å². The smallest absolute Gasteiger partial charge is 0.248 e.